The maximum atomic E-state index is 12.7. The van der Waals surface area contributed by atoms with Gasteiger partial charge in [-0.15, -0.1) is 12.4 Å². The largest absolute Gasteiger partial charge is 0.373 e. The molecule has 1 saturated heterocycles. The van der Waals surface area contributed by atoms with Crippen LogP contribution in [0.5, 0.6) is 0 Å². The molecular weight excluding hydrogens is 316 g/mol. The monoisotopic (exact) mass is 348 g/mol. The molecule has 5 nitrogen and oxygen atoms in total. The first-order chi connectivity index (χ1) is 10.7. The van der Waals surface area contributed by atoms with Gasteiger partial charge >= 0.3 is 0 Å². The van der Waals surface area contributed by atoms with Gasteiger partial charge in [-0.25, -0.2) is 0 Å². The van der Waals surface area contributed by atoms with Crippen molar-refractivity contribution in [3.63, 3.8) is 0 Å². The summed E-state index contributed by atoms with van der Waals surface area (Å²) in [6.45, 7) is 5.18. The maximum absolute atomic E-state index is 12.7. The predicted molar refractivity (Wildman–Crippen MR) is 94.2 cm³/mol. The highest BCUT2D eigenvalue weighted by atomic mass is 35.5. The Kier molecular flexibility index (Phi) is 8.83. The number of hydrogen-bond donors (Lipinski definition) is 2. The average Bonchev–Trinajstić information content (AvgIpc) is 2.59. The Bertz CT molecular complexity index is 354. The average molecular weight is 349 g/mol. The lowest BCUT2D eigenvalue weighted by molar-refractivity contribution is -0.149. The number of hydrogen-bond acceptors (Lipinski definition) is 4. The summed E-state index contributed by atoms with van der Waals surface area (Å²) in [5.74, 6) is 0.0292. The molecule has 136 valence electrons. The highest BCUT2D eigenvalue weighted by molar-refractivity contribution is 5.85. The summed E-state index contributed by atoms with van der Waals surface area (Å²) in [6, 6.07) is 0. The van der Waals surface area contributed by atoms with E-state index in [2.05, 4.69) is 17.6 Å². The van der Waals surface area contributed by atoms with E-state index in [1.165, 1.54) is 19.3 Å². The van der Waals surface area contributed by atoms with Crippen molar-refractivity contribution in [2.45, 2.75) is 69.5 Å². The van der Waals surface area contributed by atoms with E-state index in [9.17, 15) is 4.79 Å². The van der Waals surface area contributed by atoms with Crippen LogP contribution in [0.4, 0.5) is 0 Å². The molecule has 1 heterocycles. The zero-order chi connectivity index (χ0) is 15.9. The van der Waals surface area contributed by atoms with Crippen LogP contribution in [-0.4, -0.2) is 50.5 Å². The fourth-order valence-electron chi connectivity index (χ4n) is 3.64. The molecule has 1 aliphatic heterocycles. The quantitative estimate of drug-likeness (QED) is 0.741. The second-order valence-electron chi connectivity index (χ2n) is 6.72. The van der Waals surface area contributed by atoms with Crippen LogP contribution in [0.25, 0.3) is 0 Å². The molecule has 0 spiro atoms. The molecule has 0 radical (unpaired) electrons. The molecule has 6 heteroatoms. The molecule has 23 heavy (non-hydrogen) atoms. The lowest BCUT2D eigenvalue weighted by Crippen LogP contribution is -2.57. The minimum atomic E-state index is -0.661. The van der Waals surface area contributed by atoms with Crippen LogP contribution in [0, 0.1) is 0 Å². The smallest absolute Gasteiger partial charge is 0.252 e. The van der Waals surface area contributed by atoms with E-state index in [4.69, 9.17) is 9.47 Å². The van der Waals surface area contributed by atoms with Crippen molar-refractivity contribution in [2.75, 3.05) is 33.4 Å². The Balaban J connectivity index is 0.00000264. The molecule has 2 fully saturated rings. The molecule has 1 saturated carbocycles. The van der Waals surface area contributed by atoms with Gasteiger partial charge in [-0.1, -0.05) is 26.2 Å². The molecular formula is C17H33ClN2O3. The number of halogens is 1. The molecule has 2 rings (SSSR count). The van der Waals surface area contributed by atoms with Gasteiger partial charge in [0.2, 0.25) is 0 Å². The maximum Gasteiger partial charge on any atom is 0.252 e. The number of nitrogens with one attached hydrogen (secondary N) is 2. The number of carbonyl (C=O) groups excluding carboxylic acids is 1. The number of ether oxygens (including phenoxy) is 2. The minimum absolute atomic E-state index is 0. The second-order valence-corrected chi connectivity index (χ2v) is 6.72. The molecule has 1 aliphatic carbocycles. The molecule has 0 bridgehead atoms. The van der Waals surface area contributed by atoms with E-state index < -0.39 is 5.60 Å². The summed E-state index contributed by atoms with van der Waals surface area (Å²) in [5.41, 5.74) is -0.822. The van der Waals surface area contributed by atoms with Crippen LogP contribution in [0.15, 0.2) is 0 Å². The van der Waals surface area contributed by atoms with Crippen molar-refractivity contribution >= 4 is 18.3 Å². The zero-order valence-corrected chi connectivity index (χ0v) is 15.4. The van der Waals surface area contributed by atoms with Crippen molar-refractivity contribution in [1.82, 2.24) is 10.6 Å². The molecule has 0 aromatic heterocycles. The molecule has 0 aromatic carbocycles. The first kappa shape index (κ1) is 20.7. The SMILES string of the molecule is CCCOC1(CNC(=O)C2(OC)CCNCC2)CCCCC1.Cl. The van der Waals surface area contributed by atoms with Gasteiger partial charge in [0.1, 0.15) is 5.60 Å². The molecule has 0 atom stereocenters. The summed E-state index contributed by atoms with van der Waals surface area (Å²) >= 11 is 0. The Labute approximate surface area is 146 Å². The van der Waals surface area contributed by atoms with Crippen molar-refractivity contribution in [1.29, 1.82) is 0 Å². The van der Waals surface area contributed by atoms with E-state index in [0.717, 1.165) is 51.8 Å². The first-order valence-corrected chi connectivity index (χ1v) is 8.84. The molecule has 1 amide bonds. The summed E-state index contributed by atoms with van der Waals surface area (Å²) in [6.07, 6.45) is 8.25. The van der Waals surface area contributed by atoms with E-state index in [1.54, 1.807) is 7.11 Å². The normalized spacial score (nSPS) is 22.9. The lowest BCUT2D eigenvalue weighted by atomic mass is 9.84. The Morgan fingerprint density at radius 3 is 2.35 bits per heavy atom. The topological polar surface area (TPSA) is 59.6 Å². The van der Waals surface area contributed by atoms with E-state index in [1.807, 2.05) is 0 Å². The number of piperidine rings is 1. The van der Waals surface area contributed by atoms with Crippen molar-refractivity contribution in [3.8, 4) is 0 Å². The van der Waals surface area contributed by atoms with Gasteiger partial charge in [0, 0.05) is 20.3 Å². The second kappa shape index (κ2) is 9.82. The molecule has 0 aromatic rings. The van der Waals surface area contributed by atoms with Crippen LogP contribution in [0.1, 0.15) is 58.3 Å². The van der Waals surface area contributed by atoms with Crippen molar-refractivity contribution in [3.05, 3.63) is 0 Å². The van der Waals surface area contributed by atoms with Crippen LogP contribution in [0.3, 0.4) is 0 Å². The predicted octanol–water partition coefficient (Wildman–Crippen LogP) is 2.42. The number of carbonyl (C=O) groups is 1. The molecule has 2 aliphatic rings. The van der Waals surface area contributed by atoms with Crippen LogP contribution in [0.2, 0.25) is 0 Å². The summed E-state index contributed by atoms with van der Waals surface area (Å²) in [5, 5.41) is 6.43. The third kappa shape index (κ3) is 5.31. The standard InChI is InChI=1S/C17H32N2O3.ClH/c1-3-13-22-16(7-5-4-6-8-16)14-19-15(20)17(21-2)9-11-18-12-10-17;/h18H,3-14H2,1-2H3,(H,19,20);1H. The zero-order valence-electron chi connectivity index (χ0n) is 14.6. The van der Waals surface area contributed by atoms with E-state index in [0.29, 0.717) is 6.54 Å². The minimum Gasteiger partial charge on any atom is -0.373 e. The van der Waals surface area contributed by atoms with Gasteiger partial charge in [0.05, 0.1) is 5.60 Å². The van der Waals surface area contributed by atoms with E-state index in [-0.39, 0.29) is 23.9 Å². The number of rotatable bonds is 7. The fraction of sp³-hybridized carbons (Fsp3) is 0.941. The summed E-state index contributed by atoms with van der Waals surface area (Å²) in [4.78, 5) is 12.7. The summed E-state index contributed by atoms with van der Waals surface area (Å²) in [7, 11) is 1.65. The third-order valence-corrected chi connectivity index (χ3v) is 5.16. The van der Waals surface area contributed by atoms with Crippen molar-refractivity contribution < 1.29 is 14.3 Å². The fourth-order valence-corrected chi connectivity index (χ4v) is 3.64. The van der Waals surface area contributed by atoms with Crippen LogP contribution >= 0.6 is 12.4 Å². The van der Waals surface area contributed by atoms with Gasteiger partial charge in [-0.2, -0.15) is 0 Å². The lowest BCUT2D eigenvalue weighted by Gasteiger charge is -2.40. The van der Waals surface area contributed by atoms with Crippen molar-refractivity contribution in [2.24, 2.45) is 0 Å². The van der Waals surface area contributed by atoms with E-state index >= 15 is 0 Å². The Morgan fingerprint density at radius 2 is 1.78 bits per heavy atom. The highest BCUT2D eigenvalue weighted by Gasteiger charge is 2.41. The molecule has 2 N–H and O–H groups in total. The number of amides is 1. The van der Waals surface area contributed by atoms with Crippen LogP contribution in [-0.2, 0) is 14.3 Å². The Morgan fingerprint density at radius 1 is 1.13 bits per heavy atom. The first-order valence-electron chi connectivity index (χ1n) is 8.84. The van der Waals surface area contributed by atoms with Gasteiger partial charge in [-0.05, 0) is 45.2 Å². The van der Waals surface area contributed by atoms with Gasteiger partial charge in [-0.3, -0.25) is 4.79 Å². The van der Waals surface area contributed by atoms with Gasteiger partial charge < -0.3 is 20.1 Å². The third-order valence-electron chi connectivity index (χ3n) is 5.16. The summed E-state index contributed by atoms with van der Waals surface area (Å²) < 4.78 is 11.8. The number of methoxy groups -OCH3 is 1. The molecule has 0 unspecified atom stereocenters. The van der Waals surface area contributed by atoms with Gasteiger partial charge in [0.25, 0.3) is 5.91 Å². The van der Waals surface area contributed by atoms with Gasteiger partial charge in [0.15, 0.2) is 0 Å². The Hall–Kier alpha value is -0.360. The van der Waals surface area contributed by atoms with Crippen LogP contribution < -0.4 is 10.6 Å². The highest BCUT2D eigenvalue weighted by Crippen LogP contribution is 2.32.